The molecule has 0 atom stereocenters. The topological polar surface area (TPSA) is 64.8 Å². The molecule has 3 rings (SSSR count). The molecule has 0 aliphatic carbocycles. The number of rotatable bonds is 4. The van der Waals surface area contributed by atoms with E-state index in [1.54, 1.807) is 12.3 Å². The lowest BCUT2D eigenvalue weighted by Gasteiger charge is -2.14. The Kier molecular flexibility index (Phi) is 4.25. The molecule has 0 fully saturated rings. The molecular weight excluding hydrogens is 302 g/mol. The third-order valence-electron chi connectivity index (χ3n) is 3.95. The molecule has 0 amide bonds. The van der Waals surface area contributed by atoms with E-state index in [2.05, 4.69) is 29.9 Å². The Bertz CT molecular complexity index is 974. The van der Waals surface area contributed by atoms with Gasteiger partial charge in [0.2, 0.25) is 0 Å². The number of hydrogen-bond donors (Lipinski definition) is 0. The smallest absolute Gasteiger partial charge is 0.267 e. The zero-order chi connectivity index (χ0) is 17.3. The maximum atomic E-state index is 12.8. The first-order chi connectivity index (χ1) is 11.5. The first-order valence-electron chi connectivity index (χ1n) is 7.93. The Labute approximate surface area is 140 Å². The molecule has 2 heterocycles. The predicted octanol–water partition coefficient (Wildman–Crippen LogP) is 3.10. The fraction of sp³-hybridized carbons (Fsp3) is 0.263. The minimum Gasteiger partial charge on any atom is -0.294 e. The van der Waals surface area contributed by atoms with Gasteiger partial charge >= 0.3 is 0 Å². The highest BCUT2D eigenvalue weighted by Crippen LogP contribution is 2.19. The van der Waals surface area contributed by atoms with E-state index in [9.17, 15) is 9.59 Å². The van der Waals surface area contributed by atoms with Gasteiger partial charge in [-0.25, -0.2) is 4.98 Å². The molecule has 0 saturated heterocycles. The van der Waals surface area contributed by atoms with Crippen LogP contribution in [0.5, 0.6) is 0 Å². The van der Waals surface area contributed by atoms with Crippen LogP contribution in [0.1, 0.15) is 35.6 Å². The molecule has 0 saturated carbocycles. The van der Waals surface area contributed by atoms with Crippen LogP contribution in [-0.2, 0) is 6.42 Å². The number of pyridine rings is 1. The number of aromatic nitrogens is 3. The van der Waals surface area contributed by atoms with E-state index in [0.29, 0.717) is 28.8 Å². The van der Waals surface area contributed by atoms with Crippen molar-refractivity contribution in [1.29, 1.82) is 0 Å². The lowest BCUT2D eigenvalue weighted by molar-refractivity contribution is 0.111. The number of carbonyl (C=O) groups excluding carboxylic acids is 1. The van der Waals surface area contributed by atoms with Crippen LogP contribution < -0.4 is 5.56 Å². The molecule has 24 heavy (non-hydrogen) atoms. The van der Waals surface area contributed by atoms with E-state index in [-0.39, 0.29) is 11.4 Å². The number of fused-ring (bicyclic) bond motifs is 1. The van der Waals surface area contributed by atoms with Gasteiger partial charge in [0, 0.05) is 12.4 Å². The second-order valence-electron chi connectivity index (χ2n) is 6.34. The van der Waals surface area contributed by atoms with Gasteiger partial charge in [-0.1, -0.05) is 26.0 Å². The number of benzene rings is 1. The number of hydrogen-bond acceptors (Lipinski definition) is 4. The normalized spacial score (nSPS) is 11.2. The molecular formula is C19H19N3O2. The molecule has 122 valence electrons. The van der Waals surface area contributed by atoms with E-state index < -0.39 is 0 Å². The molecule has 2 aromatic heterocycles. The van der Waals surface area contributed by atoms with Crippen LogP contribution >= 0.6 is 0 Å². The highest BCUT2D eigenvalue weighted by Gasteiger charge is 2.14. The molecule has 3 aromatic rings. The van der Waals surface area contributed by atoms with E-state index >= 15 is 0 Å². The van der Waals surface area contributed by atoms with Crippen molar-refractivity contribution in [2.45, 2.75) is 27.2 Å². The monoisotopic (exact) mass is 321 g/mol. The van der Waals surface area contributed by atoms with Crippen LogP contribution in [0.2, 0.25) is 0 Å². The zero-order valence-corrected chi connectivity index (χ0v) is 14.0. The zero-order valence-electron chi connectivity index (χ0n) is 14.0. The van der Waals surface area contributed by atoms with Gasteiger partial charge in [-0.2, -0.15) is 0 Å². The summed E-state index contributed by atoms with van der Waals surface area (Å²) in [5.41, 5.74) is 3.01. The standard InChI is InChI=1S/C19H19N3O2/c1-12(2)8-14-4-5-17(13(3)9-14)22-18(11-23)21-16-6-7-20-10-15(16)19(22)24/h4-7,9-12H,8H2,1-3H3. The van der Waals surface area contributed by atoms with Gasteiger partial charge in [0.1, 0.15) is 0 Å². The maximum Gasteiger partial charge on any atom is 0.267 e. The molecule has 5 nitrogen and oxygen atoms in total. The summed E-state index contributed by atoms with van der Waals surface area (Å²) in [6, 6.07) is 7.57. The van der Waals surface area contributed by atoms with Gasteiger partial charge < -0.3 is 0 Å². The van der Waals surface area contributed by atoms with Crippen LogP contribution in [0, 0.1) is 12.8 Å². The lowest BCUT2D eigenvalue weighted by atomic mass is 10.0. The lowest BCUT2D eigenvalue weighted by Crippen LogP contribution is -2.24. The summed E-state index contributed by atoms with van der Waals surface area (Å²) in [6.45, 7) is 6.27. The van der Waals surface area contributed by atoms with Gasteiger partial charge in [0.25, 0.3) is 5.56 Å². The largest absolute Gasteiger partial charge is 0.294 e. The van der Waals surface area contributed by atoms with E-state index in [0.717, 1.165) is 12.0 Å². The average molecular weight is 321 g/mol. The Morgan fingerprint density at radius 1 is 1.25 bits per heavy atom. The van der Waals surface area contributed by atoms with Gasteiger partial charge in [-0.05, 0) is 42.5 Å². The number of aryl methyl sites for hydroxylation is 1. The molecule has 0 aliphatic rings. The number of aldehydes is 1. The third-order valence-corrected chi connectivity index (χ3v) is 3.95. The summed E-state index contributed by atoms with van der Waals surface area (Å²) >= 11 is 0. The predicted molar refractivity (Wildman–Crippen MR) is 93.8 cm³/mol. The fourth-order valence-corrected chi connectivity index (χ4v) is 2.93. The second kappa shape index (κ2) is 6.35. The SMILES string of the molecule is Cc1cc(CC(C)C)ccc1-n1c(C=O)nc2ccncc2c1=O. The van der Waals surface area contributed by atoms with Crippen LogP contribution in [0.25, 0.3) is 16.6 Å². The molecule has 0 aliphatic heterocycles. The summed E-state index contributed by atoms with van der Waals surface area (Å²) in [4.78, 5) is 32.6. The van der Waals surface area contributed by atoms with Crippen molar-refractivity contribution in [2.75, 3.05) is 0 Å². The van der Waals surface area contributed by atoms with Crippen molar-refractivity contribution in [1.82, 2.24) is 14.5 Å². The van der Waals surface area contributed by atoms with E-state index in [1.165, 1.54) is 16.3 Å². The summed E-state index contributed by atoms with van der Waals surface area (Å²) < 4.78 is 1.37. The minimum atomic E-state index is -0.282. The molecule has 0 radical (unpaired) electrons. The third kappa shape index (κ3) is 2.85. The molecule has 0 spiro atoms. The Morgan fingerprint density at radius 3 is 2.71 bits per heavy atom. The Hall–Kier alpha value is -2.82. The van der Waals surface area contributed by atoms with Crippen molar-refractivity contribution in [3.63, 3.8) is 0 Å². The highest BCUT2D eigenvalue weighted by atomic mass is 16.1. The molecule has 0 bridgehead atoms. The van der Waals surface area contributed by atoms with Crippen molar-refractivity contribution in [2.24, 2.45) is 5.92 Å². The molecule has 1 aromatic carbocycles. The van der Waals surface area contributed by atoms with E-state index in [4.69, 9.17) is 0 Å². The van der Waals surface area contributed by atoms with Crippen LogP contribution in [-0.4, -0.2) is 20.8 Å². The summed E-state index contributed by atoms with van der Waals surface area (Å²) in [6.07, 6.45) is 4.62. The maximum absolute atomic E-state index is 12.8. The number of carbonyl (C=O) groups is 1. The summed E-state index contributed by atoms with van der Waals surface area (Å²) in [7, 11) is 0. The van der Waals surface area contributed by atoms with Crippen molar-refractivity contribution in [3.8, 4) is 5.69 Å². The minimum absolute atomic E-state index is 0.0957. The Morgan fingerprint density at radius 2 is 2.04 bits per heavy atom. The first-order valence-corrected chi connectivity index (χ1v) is 7.93. The van der Waals surface area contributed by atoms with Gasteiger partial charge in [0.15, 0.2) is 12.1 Å². The van der Waals surface area contributed by atoms with Crippen molar-refractivity contribution < 1.29 is 4.79 Å². The van der Waals surface area contributed by atoms with Crippen LogP contribution in [0.3, 0.4) is 0 Å². The summed E-state index contributed by atoms with van der Waals surface area (Å²) in [5, 5.41) is 0.397. The van der Waals surface area contributed by atoms with Crippen LogP contribution in [0.4, 0.5) is 0 Å². The second-order valence-corrected chi connectivity index (χ2v) is 6.34. The van der Waals surface area contributed by atoms with Crippen LogP contribution in [0.15, 0.2) is 41.5 Å². The molecule has 5 heteroatoms. The van der Waals surface area contributed by atoms with Gasteiger partial charge in [-0.15, -0.1) is 0 Å². The fourth-order valence-electron chi connectivity index (χ4n) is 2.93. The number of nitrogens with zero attached hydrogens (tertiary/aromatic N) is 3. The first kappa shape index (κ1) is 16.1. The van der Waals surface area contributed by atoms with Crippen molar-refractivity contribution in [3.05, 3.63) is 64.0 Å². The van der Waals surface area contributed by atoms with E-state index in [1.807, 2.05) is 19.1 Å². The van der Waals surface area contributed by atoms with Gasteiger partial charge in [0.05, 0.1) is 16.6 Å². The quantitative estimate of drug-likeness (QED) is 0.693. The van der Waals surface area contributed by atoms with Gasteiger partial charge in [-0.3, -0.25) is 19.1 Å². The van der Waals surface area contributed by atoms with Crippen molar-refractivity contribution >= 4 is 17.2 Å². The molecule has 0 unspecified atom stereocenters. The average Bonchev–Trinajstić information content (AvgIpc) is 2.55. The molecule has 0 N–H and O–H groups in total. The summed E-state index contributed by atoms with van der Waals surface area (Å²) in [5.74, 6) is 0.648. The Balaban J connectivity index is 2.24. The highest BCUT2D eigenvalue weighted by molar-refractivity contribution is 5.81.